The van der Waals surface area contributed by atoms with Crippen LogP contribution in [0.3, 0.4) is 0 Å². The first-order chi connectivity index (χ1) is 5.56. The van der Waals surface area contributed by atoms with Gasteiger partial charge in [-0.05, 0) is 25.7 Å². The van der Waals surface area contributed by atoms with Crippen LogP contribution in [0.25, 0.3) is 0 Å². The lowest BCUT2D eigenvalue weighted by molar-refractivity contribution is 0.339. The molecule has 0 bridgehead atoms. The van der Waals surface area contributed by atoms with E-state index >= 15 is 0 Å². The SMILES string of the molecule is CCC1CCCC(F)CS1(=O)=O. The van der Waals surface area contributed by atoms with Gasteiger partial charge in [0, 0.05) is 0 Å². The monoisotopic (exact) mass is 194 g/mol. The Bertz CT molecular complexity index is 235. The lowest BCUT2D eigenvalue weighted by Gasteiger charge is -2.11. The molecule has 0 amide bonds. The van der Waals surface area contributed by atoms with Gasteiger partial charge in [-0.2, -0.15) is 0 Å². The molecule has 0 aromatic heterocycles. The minimum Gasteiger partial charge on any atom is -0.246 e. The summed E-state index contributed by atoms with van der Waals surface area (Å²) >= 11 is 0. The standard InChI is InChI=1S/C8H15FO2S/c1-2-8-5-3-4-7(9)6-12(8,10)11/h7-8H,2-6H2,1H3. The van der Waals surface area contributed by atoms with Crippen molar-refractivity contribution in [3.8, 4) is 0 Å². The van der Waals surface area contributed by atoms with E-state index < -0.39 is 16.0 Å². The van der Waals surface area contributed by atoms with E-state index in [4.69, 9.17) is 0 Å². The van der Waals surface area contributed by atoms with Gasteiger partial charge < -0.3 is 0 Å². The fourth-order valence-corrected chi connectivity index (χ4v) is 3.65. The maximum absolute atomic E-state index is 12.9. The van der Waals surface area contributed by atoms with Gasteiger partial charge in [-0.1, -0.05) is 6.92 Å². The van der Waals surface area contributed by atoms with Crippen molar-refractivity contribution in [3.63, 3.8) is 0 Å². The van der Waals surface area contributed by atoms with Crippen molar-refractivity contribution in [2.45, 2.75) is 44.0 Å². The van der Waals surface area contributed by atoms with Crippen LogP contribution in [0.1, 0.15) is 32.6 Å². The summed E-state index contributed by atoms with van der Waals surface area (Å²) in [5.74, 6) is -0.258. The Labute approximate surface area is 73.1 Å². The van der Waals surface area contributed by atoms with Crippen molar-refractivity contribution in [1.82, 2.24) is 0 Å². The van der Waals surface area contributed by atoms with Crippen molar-refractivity contribution >= 4 is 9.84 Å². The lowest BCUT2D eigenvalue weighted by Crippen LogP contribution is -2.24. The summed E-state index contributed by atoms with van der Waals surface area (Å²) in [5, 5.41) is -0.293. The second kappa shape index (κ2) is 3.73. The van der Waals surface area contributed by atoms with Gasteiger partial charge in [0.05, 0.1) is 11.0 Å². The van der Waals surface area contributed by atoms with E-state index in [1.54, 1.807) is 0 Å². The third-order valence-electron chi connectivity index (χ3n) is 2.42. The van der Waals surface area contributed by atoms with Crippen LogP contribution in [0, 0.1) is 0 Å². The van der Waals surface area contributed by atoms with Gasteiger partial charge in [-0.3, -0.25) is 0 Å². The number of rotatable bonds is 1. The van der Waals surface area contributed by atoms with Crippen molar-refractivity contribution in [1.29, 1.82) is 0 Å². The van der Waals surface area contributed by atoms with Crippen molar-refractivity contribution in [3.05, 3.63) is 0 Å². The van der Waals surface area contributed by atoms with E-state index in [0.717, 1.165) is 0 Å². The molecule has 4 heteroatoms. The average Bonchev–Trinajstić information content (AvgIpc) is 2.07. The smallest absolute Gasteiger partial charge is 0.155 e. The van der Waals surface area contributed by atoms with Crippen LogP contribution < -0.4 is 0 Å². The van der Waals surface area contributed by atoms with Gasteiger partial charge in [-0.25, -0.2) is 12.8 Å². The molecule has 0 aromatic carbocycles. The highest BCUT2D eigenvalue weighted by Crippen LogP contribution is 2.22. The van der Waals surface area contributed by atoms with Crippen LogP contribution >= 0.6 is 0 Å². The van der Waals surface area contributed by atoms with E-state index in [2.05, 4.69) is 0 Å². The maximum atomic E-state index is 12.9. The van der Waals surface area contributed by atoms with Crippen LogP contribution in [0.15, 0.2) is 0 Å². The Morgan fingerprint density at radius 2 is 2.08 bits per heavy atom. The van der Waals surface area contributed by atoms with E-state index in [0.29, 0.717) is 25.7 Å². The fourth-order valence-electron chi connectivity index (χ4n) is 1.68. The summed E-state index contributed by atoms with van der Waals surface area (Å²) < 4.78 is 35.7. The van der Waals surface area contributed by atoms with Crippen LogP contribution in [0.4, 0.5) is 4.39 Å². The normalized spacial score (nSPS) is 35.8. The van der Waals surface area contributed by atoms with Crippen molar-refractivity contribution in [2.75, 3.05) is 5.75 Å². The summed E-state index contributed by atoms with van der Waals surface area (Å²) in [5.41, 5.74) is 0. The number of halogens is 1. The molecule has 0 aliphatic carbocycles. The van der Waals surface area contributed by atoms with Gasteiger partial charge in [0.15, 0.2) is 9.84 Å². The predicted molar refractivity (Wildman–Crippen MR) is 46.6 cm³/mol. The van der Waals surface area contributed by atoms with E-state index in [-0.39, 0.29) is 11.0 Å². The van der Waals surface area contributed by atoms with Crippen LogP contribution in [0.2, 0.25) is 0 Å². The van der Waals surface area contributed by atoms with Gasteiger partial charge >= 0.3 is 0 Å². The van der Waals surface area contributed by atoms with Crippen molar-refractivity contribution < 1.29 is 12.8 Å². The lowest BCUT2D eigenvalue weighted by atomic mass is 10.1. The fraction of sp³-hybridized carbons (Fsp3) is 1.00. The summed E-state index contributed by atoms with van der Waals surface area (Å²) in [6, 6.07) is 0. The zero-order valence-electron chi connectivity index (χ0n) is 7.29. The molecule has 0 N–H and O–H groups in total. The van der Waals surface area contributed by atoms with Crippen LogP contribution in [-0.2, 0) is 9.84 Å². The number of hydrogen-bond donors (Lipinski definition) is 0. The van der Waals surface area contributed by atoms with Gasteiger partial charge in [-0.15, -0.1) is 0 Å². The molecule has 2 unspecified atom stereocenters. The molecule has 72 valence electrons. The second-order valence-electron chi connectivity index (χ2n) is 3.39. The topological polar surface area (TPSA) is 34.1 Å². The largest absolute Gasteiger partial charge is 0.246 e. The molecule has 1 aliphatic rings. The maximum Gasteiger partial charge on any atom is 0.155 e. The van der Waals surface area contributed by atoms with Gasteiger partial charge in [0.25, 0.3) is 0 Å². The molecular formula is C8H15FO2S. The molecule has 1 saturated heterocycles. The molecule has 0 saturated carbocycles. The molecule has 0 spiro atoms. The van der Waals surface area contributed by atoms with Gasteiger partial charge in [0.2, 0.25) is 0 Å². The predicted octanol–water partition coefficient (Wildman–Crippen LogP) is 1.70. The zero-order chi connectivity index (χ0) is 9.19. The molecule has 2 nitrogen and oxygen atoms in total. The minimum absolute atomic E-state index is 0.258. The Morgan fingerprint density at radius 3 is 2.67 bits per heavy atom. The molecule has 12 heavy (non-hydrogen) atoms. The van der Waals surface area contributed by atoms with Crippen molar-refractivity contribution in [2.24, 2.45) is 0 Å². The van der Waals surface area contributed by atoms with Crippen LogP contribution in [-0.4, -0.2) is 25.6 Å². The average molecular weight is 194 g/mol. The second-order valence-corrected chi connectivity index (χ2v) is 5.71. The third kappa shape index (κ3) is 2.19. The highest BCUT2D eigenvalue weighted by molar-refractivity contribution is 7.92. The molecule has 1 rings (SSSR count). The van der Waals surface area contributed by atoms with E-state index in [1.807, 2.05) is 6.92 Å². The Kier molecular flexibility index (Phi) is 3.09. The molecular weight excluding hydrogens is 179 g/mol. The molecule has 1 aliphatic heterocycles. The molecule has 2 atom stereocenters. The van der Waals surface area contributed by atoms with E-state index in [9.17, 15) is 12.8 Å². The highest BCUT2D eigenvalue weighted by Gasteiger charge is 2.30. The molecule has 0 radical (unpaired) electrons. The summed E-state index contributed by atoms with van der Waals surface area (Å²) in [6.45, 7) is 1.85. The highest BCUT2D eigenvalue weighted by atomic mass is 32.2. The zero-order valence-corrected chi connectivity index (χ0v) is 8.11. The summed E-state index contributed by atoms with van der Waals surface area (Å²) in [7, 11) is -3.13. The first kappa shape index (κ1) is 9.96. The van der Waals surface area contributed by atoms with Gasteiger partial charge in [0.1, 0.15) is 6.17 Å². The number of hydrogen-bond acceptors (Lipinski definition) is 2. The number of sulfone groups is 1. The van der Waals surface area contributed by atoms with E-state index in [1.165, 1.54) is 0 Å². The molecule has 0 aromatic rings. The summed E-state index contributed by atoms with van der Waals surface area (Å²) in [4.78, 5) is 0. The molecule has 1 fully saturated rings. The third-order valence-corrected chi connectivity index (χ3v) is 4.83. The number of alkyl halides is 1. The first-order valence-electron chi connectivity index (χ1n) is 4.42. The summed E-state index contributed by atoms with van der Waals surface area (Å²) in [6.07, 6.45) is 1.25. The van der Waals surface area contributed by atoms with Crippen LogP contribution in [0.5, 0.6) is 0 Å². The Hall–Kier alpha value is -0.120. The Balaban J connectivity index is 2.78. The quantitative estimate of drug-likeness (QED) is 0.636. The Morgan fingerprint density at radius 1 is 1.42 bits per heavy atom. The first-order valence-corrected chi connectivity index (χ1v) is 6.13. The minimum atomic E-state index is -3.13. The molecule has 1 heterocycles.